The monoisotopic (exact) mass is 884 g/mol. The molecule has 7 heterocycles. The van der Waals surface area contributed by atoms with Crippen molar-refractivity contribution < 1.29 is 53.3 Å². The predicted octanol–water partition coefficient (Wildman–Crippen LogP) is 9.25. The number of benzene rings is 3. The third-order valence-corrected chi connectivity index (χ3v) is 8.74. The Bertz CT molecular complexity index is 1670. The van der Waals surface area contributed by atoms with Gasteiger partial charge in [-0.3, -0.25) is 4.90 Å². The third kappa shape index (κ3) is 20.7. The molecule has 0 bridgehead atoms. The van der Waals surface area contributed by atoms with Crippen molar-refractivity contribution in [3.8, 4) is 0 Å². The molecule has 14 nitrogen and oxygen atoms in total. The minimum Gasteiger partial charge on any atom is -0.444 e. The number of aromatic nitrogens is 6. The van der Waals surface area contributed by atoms with E-state index in [9.17, 15) is 17.3 Å². The van der Waals surface area contributed by atoms with Crippen LogP contribution in [0.3, 0.4) is 0 Å². The fourth-order valence-corrected chi connectivity index (χ4v) is 6.09. The van der Waals surface area contributed by atoms with Gasteiger partial charge in [-0.1, -0.05) is 36.4 Å². The van der Waals surface area contributed by atoms with E-state index in [1.165, 1.54) is 51.4 Å². The Kier molecular flexibility index (Phi) is 24.1. The van der Waals surface area contributed by atoms with E-state index in [4.69, 9.17) is 44.0 Å². The van der Waals surface area contributed by atoms with E-state index < -0.39 is 7.25 Å². The first-order chi connectivity index (χ1) is 28.7. The molecule has 0 saturated carbocycles. The van der Waals surface area contributed by atoms with Crippen LogP contribution in [0.25, 0.3) is 33.1 Å². The molecular formula is C40H53BF4FeN8O6. The largest absolute Gasteiger partial charge is 2.00 e. The van der Waals surface area contributed by atoms with Crippen molar-refractivity contribution in [3.63, 3.8) is 0 Å². The number of hydrogen-bond acceptors (Lipinski definition) is 11. The van der Waals surface area contributed by atoms with Gasteiger partial charge in [-0.25, -0.2) is 15.0 Å². The summed E-state index contributed by atoms with van der Waals surface area (Å²) in [5, 5.41) is 9.00. The molecule has 0 unspecified atom stereocenters. The molecule has 3 aromatic heterocycles. The van der Waals surface area contributed by atoms with Crippen molar-refractivity contribution in [3.05, 3.63) is 100 Å². The first-order valence-corrected chi connectivity index (χ1v) is 19.9. The molecule has 3 aromatic carbocycles. The maximum atomic E-state index is 9.75. The Morgan fingerprint density at radius 2 is 0.733 bits per heavy atom. The Morgan fingerprint density at radius 1 is 0.517 bits per heavy atom. The van der Waals surface area contributed by atoms with Crippen LogP contribution >= 0.6 is 0 Å². The number of nitrogens with zero attached hydrogens (tertiary/aromatic N) is 5. The molecule has 0 radical (unpaired) electrons. The summed E-state index contributed by atoms with van der Waals surface area (Å²) in [6, 6.07) is 24.3. The number of imidazole rings is 3. The number of ether oxygens (including phenoxy) is 4. The second-order valence-corrected chi connectivity index (χ2v) is 13.6. The van der Waals surface area contributed by atoms with Gasteiger partial charge in [0.15, 0.2) is 0 Å². The van der Waals surface area contributed by atoms with Gasteiger partial charge < -0.3 is 61.3 Å². The molecule has 60 heavy (non-hydrogen) atoms. The van der Waals surface area contributed by atoms with Gasteiger partial charge in [-0.2, -0.15) is 0 Å². The molecule has 4 fully saturated rings. The fraction of sp³-hybridized carbons (Fsp3) is 0.475. The Morgan fingerprint density at radius 3 is 0.917 bits per heavy atom. The molecular weight excluding hydrogens is 831 g/mol. The van der Waals surface area contributed by atoms with Crippen LogP contribution in [0.15, 0.2) is 78.1 Å². The van der Waals surface area contributed by atoms with E-state index >= 15 is 0 Å². The van der Waals surface area contributed by atoms with E-state index in [1.54, 1.807) is 0 Å². The van der Waals surface area contributed by atoms with E-state index in [0.29, 0.717) is 19.6 Å². The average molecular weight is 885 g/mol. The van der Waals surface area contributed by atoms with Crippen LogP contribution in [0.2, 0.25) is 0 Å². The summed E-state index contributed by atoms with van der Waals surface area (Å²) in [4.78, 5) is 34.9. The summed E-state index contributed by atoms with van der Waals surface area (Å²) >= 11 is 0. The first-order valence-electron chi connectivity index (χ1n) is 19.9. The minimum absolute atomic E-state index is 0. The molecule has 0 atom stereocenters. The summed E-state index contributed by atoms with van der Waals surface area (Å²) in [5.74, 6) is 2.77. The van der Waals surface area contributed by atoms with Crippen molar-refractivity contribution in [1.82, 2.24) is 34.8 Å². The van der Waals surface area contributed by atoms with Crippen molar-refractivity contribution in [2.75, 3.05) is 52.9 Å². The topological polar surface area (TPSA) is 179 Å². The summed E-state index contributed by atoms with van der Waals surface area (Å²) in [6.45, 7) is 9.97. The fourth-order valence-electron chi connectivity index (χ4n) is 6.09. The van der Waals surface area contributed by atoms with Crippen LogP contribution in [-0.4, -0.2) is 94.9 Å². The predicted molar refractivity (Wildman–Crippen MR) is 221 cm³/mol. The maximum Gasteiger partial charge on any atom is 2.00 e. The number of para-hydroxylation sites is 6. The van der Waals surface area contributed by atoms with Gasteiger partial charge in [0, 0.05) is 52.9 Å². The molecule has 10 rings (SSSR count). The first kappa shape index (κ1) is 49.9. The van der Waals surface area contributed by atoms with Crippen LogP contribution in [0.1, 0.15) is 68.8 Å². The number of aromatic amines is 3. The van der Waals surface area contributed by atoms with Crippen molar-refractivity contribution >= 4 is 40.4 Å². The summed E-state index contributed by atoms with van der Waals surface area (Å²) < 4.78 is 58.8. The van der Waals surface area contributed by atoms with Crippen molar-refractivity contribution in [1.29, 1.82) is 0 Å². The molecule has 4 saturated heterocycles. The standard InChI is InChI=1S/C24H21N7.4C4H8O.BF4.Fe.HNO2/c1-2-8-17-16(7-1)25-22(26-17)13-31(14-23-27-18-9-3-4-10-19(18)28-23)15-24-29-20-11-5-6-12-21(20)30-24;4*1-2-4-5-3-1;2-1(3,4)5;;2-1-3/h1-12H,13-15H2,(H,25,26)(H,27,28)(H,29,30);4*1-4H2;;;(H,2,3)/q;;;;;-1;+2;/p-1. The minimum atomic E-state index is -6.00. The molecule has 3 N–H and O–H groups in total. The number of hydrogen-bond donors (Lipinski definition) is 3. The van der Waals surface area contributed by atoms with Gasteiger partial charge in [0.25, 0.3) is 0 Å². The summed E-state index contributed by atoms with van der Waals surface area (Å²) in [6.07, 6.45) is 10.2. The molecule has 328 valence electrons. The molecule has 0 amide bonds. The zero-order chi connectivity index (χ0) is 42.0. The average Bonchev–Trinajstić information content (AvgIpc) is 4.09. The molecule has 0 spiro atoms. The third-order valence-electron chi connectivity index (χ3n) is 8.74. The van der Waals surface area contributed by atoms with Crippen molar-refractivity contribution in [2.24, 2.45) is 5.34 Å². The summed E-state index contributed by atoms with van der Waals surface area (Å²) in [5.41, 5.74) is 6.07. The maximum absolute atomic E-state index is 9.75. The molecule has 20 heteroatoms. The molecule has 4 aliphatic heterocycles. The zero-order valence-electron chi connectivity index (χ0n) is 33.5. The Labute approximate surface area is 357 Å². The van der Waals surface area contributed by atoms with Gasteiger partial charge >= 0.3 is 24.3 Å². The van der Waals surface area contributed by atoms with E-state index in [0.717, 1.165) is 109 Å². The van der Waals surface area contributed by atoms with Crippen LogP contribution < -0.4 is 0 Å². The number of fused-ring (bicyclic) bond motifs is 3. The normalized spacial score (nSPS) is 15.3. The van der Waals surface area contributed by atoms with Crippen LogP contribution in [0.5, 0.6) is 0 Å². The van der Waals surface area contributed by atoms with Gasteiger partial charge in [-0.15, -0.1) is 5.34 Å². The van der Waals surface area contributed by atoms with Crippen LogP contribution in [0, 0.1) is 10.1 Å². The molecule has 0 aliphatic carbocycles. The number of rotatable bonds is 6. The number of H-pyrrole nitrogens is 3. The smallest absolute Gasteiger partial charge is 0.444 e. The van der Waals surface area contributed by atoms with Gasteiger partial charge in [0.05, 0.1) is 52.7 Å². The zero-order valence-corrected chi connectivity index (χ0v) is 34.6. The number of halogens is 4. The second kappa shape index (κ2) is 28.9. The van der Waals surface area contributed by atoms with Gasteiger partial charge in [-0.05, 0) is 87.8 Å². The van der Waals surface area contributed by atoms with Gasteiger partial charge in [0.1, 0.15) is 17.5 Å². The number of nitrogens with one attached hydrogen (secondary N) is 3. The van der Waals surface area contributed by atoms with E-state index in [-0.39, 0.29) is 17.1 Å². The summed E-state index contributed by atoms with van der Waals surface area (Å²) in [7, 11) is -6.00. The molecule has 4 aliphatic rings. The SMILES string of the molecule is C1CCOC1.C1CCOC1.C1CCOC1.C1CCOC1.F[B-](F)(F)F.O=N[O-].[Fe+2].c1ccc2[nH]c(CN(Cc3nc4ccccc4[nH]3)Cc3nc4ccccc4[nH]3)nc2c1. The van der Waals surface area contributed by atoms with Crippen LogP contribution in [-0.2, 0) is 55.7 Å². The van der Waals surface area contributed by atoms with Crippen LogP contribution in [0.4, 0.5) is 17.3 Å². The van der Waals surface area contributed by atoms with Gasteiger partial charge in [0.2, 0.25) is 0 Å². The Balaban J connectivity index is 0.000000265. The Hall–Kier alpha value is -4.43. The molecule has 6 aromatic rings. The second-order valence-electron chi connectivity index (χ2n) is 13.6. The quantitative estimate of drug-likeness (QED) is 0.0632. The van der Waals surface area contributed by atoms with E-state index in [1.807, 2.05) is 54.6 Å². The van der Waals surface area contributed by atoms with E-state index in [2.05, 4.69) is 38.1 Å². The van der Waals surface area contributed by atoms with Crippen molar-refractivity contribution in [2.45, 2.75) is 71.0 Å².